The Morgan fingerprint density at radius 2 is 1.80 bits per heavy atom. The largest absolute Gasteiger partial charge is 0.346 e. The van der Waals surface area contributed by atoms with Crippen LogP contribution in [-0.2, 0) is 4.79 Å². The van der Waals surface area contributed by atoms with E-state index in [9.17, 15) is 9.59 Å². The number of hydrogen-bond acceptors (Lipinski definition) is 3. The van der Waals surface area contributed by atoms with Crippen molar-refractivity contribution in [3.63, 3.8) is 0 Å². The molecule has 2 aliphatic rings. The molecule has 0 radical (unpaired) electrons. The Kier molecular flexibility index (Phi) is 6.25. The topological polar surface area (TPSA) is 81.3 Å². The average molecular weight is 412 g/mol. The molecule has 2 aromatic rings. The van der Waals surface area contributed by atoms with Crippen molar-refractivity contribution < 1.29 is 9.59 Å². The number of nitrogens with one attached hydrogen (secondary N) is 2. The van der Waals surface area contributed by atoms with Gasteiger partial charge in [0.2, 0.25) is 5.91 Å². The van der Waals surface area contributed by atoms with Crippen LogP contribution in [0.25, 0.3) is 11.0 Å². The van der Waals surface area contributed by atoms with E-state index >= 15 is 0 Å². The van der Waals surface area contributed by atoms with Crippen LogP contribution in [0.4, 0.5) is 4.79 Å². The van der Waals surface area contributed by atoms with E-state index < -0.39 is 0 Å². The first-order chi connectivity index (χ1) is 14.6. The number of nitrogens with zero attached hydrogens (tertiary/aromatic N) is 3. The fraction of sp³-hybridized carbons (Fsp3) is 0.609. The highest BCUT2D eigenvalue weighted by Crippen LogP contribution is 2.27. The van der Waals surface area contributed by atoms with Gasteiger partial charge in [-0.25, -0.2) is 9.78 Å². The smallest absolute Gasteiger partial charge is 0.319 e. The maximum Gasteiger partial charge on any atom is 0.319 e. The zero-order valence-corrected chi connectivity index (χ0v) is 18.1. The SMILES string of the molecule is CCC(C)C(NC(=O)C1CCN(C(=O)N2CCCC2)CC1)c1nc2ccccc2[nH]1. The summed E-state index contributed by atoms with van der Waals surface area (Å²) in [4.78, 5) is 37.7. The van der Waals surface area contributed by atoms with Gasteiger partial charge in [0, 0.05) is 32.1 Å². The van der Waals surface area contributed by atoms with Crippen LogP contribution in [0.2, 0.25) is 0 Å². The Morgan fingerprint density at radius 1 is 1.13 bits per heavy atom. The molecule has 3 heterocycles. The molecule has 1 aromatic heterocycles. The summed E-state index contributed by atoms with van der Waals surface area (Å²) in [7, 11) is 0. The Hall–Kier alpha value is -2.57. The number of hydrogen-bond donors (Lipinski definition) is 2. The maximum atomic E-state index is 13.1. The Bertz CT molecular complexity index is 848. The third kappa shape index (κ3) is 4.30. The normalized spacial score (nSPS) is 19.8. The predicted octanol–water partition coefficient (Wildman–Crippen LogP) is 3.69. The van der Waals surface area contributed by atoms with Crippen LogP contribution in [0, 0.1) is 11.8 Å². The van der Waals surface area contributed by atoms with Crippen LogP contribution < -0.4 is 5.32 Å². The number of imidazole rings is 1. The summed E-state index contributed by atoms with van der Waals surface area (Å²) in [5, 5.41) is 3.27. The van der Waals surface area contributed by atoms with E-state index in [4.69, 9.17) is 4.98 Å². The van der Waals surface area contributed by atoms with Gasteiger partial charge in [-0.15, -0.1) is 0 Å². The fourth-order valence-corrected chi connectivity index (χ4v) is 4.55. The highest BCUT2D eigenvalue weighted by Gasteiger charge is 2.32. The van der Waals surface area contributed by atoms with E-state index in [0.717, 1.165) is 62.1 Å². The third-order valence-corrected chi connectivity index (χ3v) is 6.73. The molecule has 0 saturated carbocycles. The molecule has 7 heteroatoms. The molecular weight excluding hydrogens is 378 g/mol. The van der Waals surface area contributed by atoms with Crippen molar-refractivity contribution in [3.8, 4) is 0 Å². The summed E-state index contributed by atoms with van der Waals surface area (Å²) in [5.41, 5.74) is 1.91. The number of benzene rings is 1. The summed E-state index contributed by atoms with van der Waals surface area (Å²) in [6.07, 6.45) is 4.59. The first kappa shape index (κ1) is 20.7. The molecule has 30 heavy (non-hydrogen) atoms. The molecule has 2 atom stereocenters. The van der Waals surface area contributed by atoms with Gasteiger partial charge in [-0.1, -0.05) is 32.4 Å². The van der Waals surface area contributed by atoms with Gasteiger partial charge in [0.15, 0.2) is 0 Å². The third-order valence-electron chi connectivity index (χ3n) is 6.73. The highest BCUT2D eigenvalue weighted by atomic mass is 16.2. The molecule has 7 nitrogen and oxygen atoms in total. The van der Waals surface area contributed by atoms with E-state index in [0.29, 0.717) is 13.1 Å². The van der Waals surface area contributed by atoms with Crippen LogP contribution in [0.15, 0.2) is 24.3 Å². The zero-order chi connectivity index (χ0) is 21.1. The highest BCUT2D eigenvalue weighted by molar-refractivity contribution is 5.80. The molecule has 2 unspecified atom stereocenters. The number of amides is 3. The molecule has 0 aliphatic carbocycles. The molecule has 2 N–H and O–H groups in total. The number of rotatable bonds is 5. The number of likely N-dealkylation sites (tertiary alicyclic amines) is 2. The number of aromatic nitrogens is 2. The van der Waals surface area contributed by atoms with Gasteiger partial charge in [0.25, 0.3) is 0 Å². The monoisotopic (exact) mass is 411 g/mol. The average Bonchev–Trinajstić information content (AvgIpc) is 3.46. The Balaban J connectivity index is 1.39. The van der Waals surface area contributed by atoms with Crippen molar-refractivity contribution in [2.24, 2.45) is 11.8 Å². The number of H-pyrrole nitrogens is 1. The van der Waals surface area contributed by atoms with E-state index in [-0.39, 0.29) is 29.8 Å². The second-order valence-corrected chi connectivity index (χ2v) is 8.75. The second kappa shape index (κ2) is 9.06. The van der Waals surface area contributed by atoms with Crippen LogP contribution in [0.1, 0.15) is 57.8 Å². The summed E-state index contributed by atoms with van der Waals surface area (Å²) in [6, 6.07) is 7.96. The van der Waals surface area contributed by atoms with E-state index in [2.05, 4.69) is 24.1 Å². The first-order valence-corrected chi connectivity index (χ1v) is 11.4. The number of carbonyl (C=O) groups excluding carboxylic acids is 2. The summed E-state index contributed by atoms with van der Waals surface area (Å²) < 4.78 is 0. The minimum absolute atomic E-state index is 0.0523. The lowest BCUT2D eigenvalue weighted by Gasteiger charge is -2.34. The van der Waals surface area contributed by atoms with E-state index in [1.165, 1.54) is 0 Å². The molecule has 0 spiro atoms. The number of para-hydroxylation sites is 2. The lowest BCUT2D eigenvalue weighted by Crippen LogP contribution is -2.48. The van der Waals surface area contributed by atoms with Crippen LogP contribution in [0.5, 0.6) is 0 Å². The maximum absolute atomic E-state index is 13.1. The van der Waals surface area contributed by atoms with Crippen LogP contribution >= 0.6 is 0 Å². The van der Waals surface area contributed by atoms with Crippen LogP contribution in [-0.4, -0.2) is 57.9 Å². The van der Waals surface area contributed by atoms with Gasteiger partial charge in [-0.3, -0.25) is 4.79 Å². The minimum atomic E-state index is -0.140. The lowest BCUT2D eigenvalue weighted by atomic mass is 9.93. The molecule has 3 amide bonds. The molecule has 0 bridgehead atoms. The van der Waals surface area contributed by atoms with Gasteiger partial charge in [-0.2, -0.15) is 0 Å². The fourth-order valence-electron chi connectivity index (χ4n) is 4.55. The van der Waals surface area contributed by atoms with Crippen LogP contribution in [0.3, 0.4) is 0 Å². The summed E-state index contributed by atoms with van der Waals surface area (Å²) in [6.45, 7) is 7.34. The van der Waals surface area contributed by atoms with Gasteiger partial charge in [0.05, 0.1) is 17.1 Å². The molecule has 2 aliphatic heterocycles. The van der Waals surface area contributed by atoms with Crippen molar-refractivity contribution in [2.45, 2.75) is 52.0 Å². The number of urea groups is 1. The Labute approximate surface area is 178 Å². The first-order valence-electron chi connectivity index (χ1n) is 11.4. The van der Waals surface area contributed by atoms with Gasteiger partial charge < -0.3 is 20.1 Å². The zero-order valence-electron chi connectivity index (χ0n) is 18.1. The van der Waals surface area contributed by atoms with Crippen molar-refractivity contribution in [1.29, 1.82) is 0 Å². The number of carbonyl (C=O) groups is 2. The van der Waals surface area contributed by atoms with E-state index in [1.54, 1.807) is 0 Å². The minimum Gasteiger partial charge on any atom is -0.346 e. The van der Waals surface area contributed by atoms with Gasteiger partial charge >= 0.3 is 6.03 Å². The van der Waals surface area contributed by atoms with Crippen molar-refractivity contribution in [2.75, 3.05) is 26.2 Å². The standard InChI is InChI=1S/C23H33N5O2/c1-3-16(2)20(21-24-18-8-4-5-9-19(18)25-21)26-22(29)17-10-14-28(15-11-17)23(30)27-12-6-7-13-27/h4-5,8-9,16-17,20H,3,6-7,10-15H2,1-2H3,(H,24,25)(H,26,29). The van der Waals surface area contributed by atoms with Crippen molar-refractivity contribution in [3.05, 3.63) is 30.1 Å². The molecular formula is C23H33N5O2. The molecule has 1 aromatic carbocycles. The number of fused-ring (bicyclic) bond motifs is 1. The van der Waals surface area contributed by atoms with Gasteiger partial charge in [0.1, 0.15) is 5.82 Å². The Morgan fingerprint density at radius 3 is 2.47 bits per heavy atom. The molecule has 162 valence electrons. The predicted molar refractivity (Wildman–Crippen MR) is 117 cm³/mol. The quantitative estimate of drug-likeness (QED) is 0.787. The second-order valence-electron chi connectivity index (χ2n) is 8.75. The summed E-state index contributed by atoms with van der Waals surface area (Å²) in [5.74, 6) is 1.12. The van der Waals surface area contributed by atoms with Gasteiger partial charge in [-0.05, 0) is 43.7 Å². The molecule has 4 rings (SSSR count). The molecule has 2 fully saturated rings. The van der Waals surface area contributed by atoms with Crippen molar-refractivity contribution >= 4 is 23.0 Å². The number of aromatic amines is 1. The number of piperidine rings is 1. The molecule has 2 saturated heterocycles. The van der Waals surface area contributed by atoms with Crippen molar-refractivity contribution in [1.82, 2.24) is 25.1 Å². The lowest BCUT2D eigenvalue weighted by molar-refractivity contribution is -0.127. The van der Waals surface area contributed by atoms with E-state index in [1.807, 2.05) is 34.1 Å². The summed E-state index contributed by atoms with van der Waals surface area (Å²) >= 11 is 0.